The van der Waals surface area contributed by atoms with Crippen molar-refractivity contribution in [2.45, 2.75) is 0 Å². The molecule has 0 saturated heterocycles. The number of hydrogen-bond acceptors (Lipinski definition) is 3. The second kappa shape index (κ2) is 9.01. The Bertz CT molecular complexity index is 76.7. The molecular formula is C2N2NaS. The van der Waals surface area contributed by atoms with Gasteiger partial charge in [0.25, 0.3) is 0 Å². The van der Waals surface area contributed by atoms with E-state index in [1.54, 1.807) is 10.8 Å². The summed E-state index contributed by atoms with van der Waals surface area (Å²) >= 11 is 0.574. The molecule has 0 heterocycles. The molecule has 0 fully saturated rings. The van der Waals surface area contributed by atoms with Gasteiger partial charge in [0.1, 0.15) is 10.8 Å². The molecule has 4 heteroatoms. The average molecular weight is 107 g/mol. The number of hydrogen-bond donors (Lipinski definition) is 0. The first-order chi connectivity index (χ1) is 2.41. The fourth-order valence-corrected chi connectivity index (χ4v) is 0.0612. The summed E-state index contributed by atoms with van der Waals surface area (Å²) in [5, 5.41) is 18.3. The molecule has 0 unspecified atom stereocenters. The van der Waals surface area contributed by atoms with Gasteiger partial charge in [-0.15, -0.1) is 0 Å². The van der Waals surface area contributed by atoms with Crippen LogP contribution in [0.5, 0.6) is 0 Å². The molecule has 0 aromatic rings. The Balaban J connectivity index is 0. The smallest absolute Gasteiger partial charge is 0.149 e. The van der Waals surface area contributed by atoms with Crippen LogP contribution in [-0.2, 0) is 0 Å². The van der Waals surface area contributed by atoms with Gasteiger partial charge in [-0.3, -0.25) is 0 Å². The Kier molecular flexibility index (Phi) is 14.4. The van der Waals surface area contributed by atoms with Gasteiger partial charge < -0.3 is 0 Å². The first-order valence-corrected chi connectivity index (χ1v) is 1.67. The maximum absolute atomic E-state index is 7.56. The first-order valence-electron chi connectivity index (χ1n) is 0.855. The van der Waals surface area contributed by atoms with Crippen molar-refractivity contribution < 1.29 is 0 Å². The molecule has 0 aliphatic rings. The van der Waals surface area contributed by atoms with Crippen LogP contribution in [0.3, 0.4) is 0 Å². The second-order valence-electron chi connectivity index (χ2n) is 0.285. The summed E-state index contributed by atoms with van der Waals surface area (Å²) < 4.78 is 0. The van der Waals surface area contributed by atoms with Crippen LogP contribution in [0, 0.1) is 21.3 Å². The molecule has 0 rings (SSSR count). The van der Waals surface area contributed by atoms with Gasteiger partial charge in [-0.25, -0.2) is 0 Å². The van der Waals surface area contributed by atoms with E-state index >= 15 is 0 Å². The first kappa shape index (κ1) is 9.59. The van der Waals surface area contributed by atoms with Crippen LogP contribution >= 0.6 is 11.8 Å². The molecule has 0 N–H and O–H groups in total. The van der Waals surface area contributed by atoms with Crippen LogP contribution in [0.1, 0.15) is 0 Å². The largest absolute Gasteiger partial charge is 0.184 e. The molecule has 0 aromatic carbocycles. The van der Waals surface area contributed by atoms with Crippen molar-refractivity contribution in [2.75, 3.05) is 0 Å². The van der Waals surface area contributed by atoms with Gasteiger partial charge in [0.15, 0.2) is 0 Å². The van der Waals surface area contributed by atoms with Crippen molar-refractivity contribution in [1.29, 1.82) is 10.5 Å². The fourth-order valence-electron chi connectivity index (χ4n) is 0.0204. The number of thioether (sulfide) groups is 1. The SMILES string of the molecule is N#CSC#N.[Na]. The van der Waals surface area contributed by atoms with E-state index in [2.05, 4.69) is 0 Å². The van der Waals surface area contributed by atoms with E-state index in [9.17, 15) is 0 Å². The zero-order valence-electron chi connectivity index (χ0n) is 3.30. The monoisotopic (exact) mass is 107 g/mol. The predicted octanol–water partition coefficient (Wildman–Crippen LogP) is 0.301. The number of nitriles is 2. The molecule has 0 amide bonds. The van der Waals surface area contributed by atoms with Crippen LogP contribution < -0.4 is 0 Å². The van der Waals surface area contributed by atoms with Crippen molar-refractivity contribution in [3.05, 3.63) is 0 Å². The quantitative estimate of drug-likeness (QED) is 0.330. The standard InChI is InChI=1S/C2N2S.Na/c3-1-5-2-4;. The molecule has 0 atom stereocenters. The molecule has 25 valence electrons. The van der Waals surface area contributed by atoms with Gasteiger partial charge >= 0.3 is 0 Å². The van der Waals surface area contributed by atoms with E-state index in [1.807, 2.05) is 0 Å². The average Bonchev–Trinajstić information content (AvgIpc) is 1.41. The number of rotatable bonds is 0. The Labute approximate surface area is 62.4 Å². The summed E-state index contributed by atoms with van der Waals surface area (Å²) in [6.07, 6.45) is 0. The molecule has 6 heavy (non-hydrogen) atoms. The van der Waals surface area contributed by atoms with Crippen molar-refractivity contribution in [3.8, 4) is 10.8 Å². The van der Waals surface area contributed by atoms with Gasteiger partial charge in [-0.2, -0.15) is 10.5 Å². The van der Waals surface area contributed by atoms with Gasteiger partial charge in [0, 0.05) is 29.6 Å². The Morgan fingerprint density at radius 1 is 1.17 bits per heavy atom. The zero-order valence-corrected chi connectivity index (χ0v) is 6.12. The zero-order chi connectivity index (χ0) is 4.12. The van der Waals surface area contributed by atoms with E-state index in [1.165, 1.54) is 0 Å². The van der Waals surface area contributed by atoms with Crippen LogP contribution in [0.2, 0.25) is 0 Å². The maximum atomic E-state index is 7.56. The summed E-state index contributed by atoms with van der Waals surface area (Å²) in [5.41, 5.74) is 0. The van der Waals surface area contributed by atoms with Gasteiger partial charge in [-0.05, 0) is 0 Å². The topological polar surface area (TPSA) is 47.6 Å². The van der Waals surface area contributed by atoms with E-state index in [0.717, 1.165) is 0 Å². The molecule has 1 radical (unpaired) electrons. The molecule has 0 spiro atoms. The Hall–Kier alpha value is 0.330. The van der Waals surface area contributed by atoms with Crippen LogP contribution in [0.15, 0.2) is 0 Å². The van der Waals surface area contributed by atoms with Crippen molar-refractivity contribution in [1.82, 2.24) is 0 Å². The van der Waals surface area contributed by atoms with Crippen LogP contribution in [-0.4, -0.2) is 29.6 Å². The normalized spacial score (nSPS) is 3.67. The summed E-state index contributed by atoms with van der Waals surface area (Å²) in [6, 6.07) is 0. The predicted molar refractivity (Wildman–Crippen MR) is 24.6 cm³/mol. The Morgan fingerprint density at radius 3 is 1.50 bits per heavy atom. The number of nitrogens with zero attached hydrogens (tertiary/aromatic N) is 2. The molecule has 0 aliphatic carbocycles. The third-order valence-corrected chi connectivity index (χ3v) is 0.274. The van der Waals surface area contributed by atoms with E-state index in [-0.39, 0.29) is 29.6 Å². The Morgan fingerprint density at radius 2 is 1.50 bits per heavy atom. The van der Waals surface area contributed by atoms with Crippen LogP contribution in [0.25, 0.3) is 0 Å². The van der Waals surface area contributed by atoms with Gasteiger partial charge in [0.05, 0.1) is 11.8 Å². The van der Waals surface area contributed by atoms with Crippen molar-refractivity contribution in [2.24, 2.45) is 0 Å². The third-order valence-electron chi connectivity index (χ3n) is 0.0913. The fraction of sp³-hybridized carbons (Fsp3) is 0. The molecule has 2 nitrogen and oxygen atoms in total. The summed E-state index contributed by atoms with van der Waals surface area (Å²) in [5.74, 6) is 0. The summed E-state index contributed by atoms with van der Waals surface area (Å²) in [4.78, 5) is 0. The van der Waals surface area contributed by atoms with E-state index in [4.69, 9.17) is 10.5 Å². The summed E-state index contributed by atoms with van der Waals surface area (Å²) in [6.45, 7) is 0. The van der Waals surface area contributed by atoms with Crippen LogP contribution in [0.4, 0.5) is 0 Å². The minimum Gasteiger partial charge on any atom is -0.184 e. The van der Waals surface area contributed by atoms with Crippen molar-refractivity contribution >= 4 is 41.3 Å². The summed E-state index contributed by atoms with van der Waals surface area (Å²) in [7, 11) is 0. The minimum absolute atomic E-state index is 0. The molecular weight excluding hydrogens is 107 g/mol. The van der Waals surface area contributed by atoms with E-state index in [0.29, 0.717) is 11.8 Å². The van der Waals surface area contributed by atoms with Gasteiger partial charge in [0.2, 0.25) is 0 Å². The number of thiocyanates is 2. The third kappa shape index (κ3) is 8.84. The molecule has 0 saturated carbocycles. The van der Waals surface area contributed by atoms with Gasteiger partial charge in [-0.1, -0.05) is 0 Å². The second-order valence-corrected chi connectivity index (χ2v) is 0.854. The minimum atomic E-state index is 0. The molecule has 0 bridgehead atoms. The van der Waals surface area contributed by atoms with Crippen molar-refractivity contribution in [3.63, 3.8) is 0 Å². The molecule has 0 aliphatic heterocycles. The van der Waals surface area contributed by atoms with E-state index < -0.39 is 0 Å². The molecule has 0 aromatic heterocycles. The maximum Gasteiger partial charge on any atom is 0.149 e.